The number of nitrogens with zero attached hydrogens (tertiary/aromatic N) is 1. The SMILES string of the molecule is C=CCc1cc(/C=C2\SC(=O)N(CC(=O)Nc3ccc(Cl)c(C(=O)OCCCC)c3)C2=O)cc(OC)c1OCc1ccc(Br)cc1. The Morgan fingerprint density at radius 1 is 1.11 bits per heavy atom. The fourth-order valence-electron chi connectivity index (χ4n) is 4.40. The molecule has 0 atom stereocenters. The minimum Gasteiger partial charge on any atom is -0.493 e. The van der Waals surface area contributed by atoms with Gasteiger partial charge in [0, 0.05) is 15.7 Å². The molecule has 9 nitrogen and oxygen atoms in total. The summed E-state index contributed by atoms with van der Waals surface area (Å²) in [5.41, 5.74) is 2.73. The molecule has 0 spiro atoms. The van der Waals surface area contributed by atoms with E-state index in [0.717, 1.165) is 38.7 Å². The molecule has 0 saturated carbocycles. The number of rotatable bonds is 14. The van der Waals surface area contributed by atoms with Crippen LogP contribution in [-0.2, 0) is 27.4 Å². The van der Waals surface area contributed by atoms with E-state index in [4.69, 9.17) is 25.8 Å². The van der Waals surface area contributed by atoms with Crippen molar-refractivity contribution in [3.05, 3.63) is 104 Å². The van der Waals surface area contributed by atoms with Crippen LogP contribution in [-0.4, -0.2) is 48.2 Å². The predicted octanol–water partition coefficient (Wildman–Crippen LogP) is 8.05. The molecule has 1 N–H and O–H groups in total. The number of methoxy groups -OCH3 is 1. The summed E-state index contributed by atoms with van der Waals surface area (Å²) in [5.74, 6) is -0.841. The zero-order chi connectivity index (χ0) is 33.2. The second kappa shape index (κ2) is 16.5. The summed E-state index contributed by atoms with van der Waals surface area (Å²) in [4.78, 5) is 52.3. The first-order valence-corrected chi connectivity index (χ1v) is 16.3. The number of ether oxygens (including phenoxy) is 3. The Hall–Kier alpha value is -4.06. The monoisotopic (exact) mass is 726 g/mol. The molecule has 0 unspecified atom stereocenters. The quantitative estimate of drug-likeness (QED) is 0.0769. The van der Waals surface area contributed by atoms with E-state index in [-0.39, 0.29) is 27.8 Å². The lowest BCUT2D eigenvalue weighted by Crippen LogP contribution is -2.36. The van der Waals surface area contributed by atoms with Gasteiger partial charge in [0.15, 0.2) is 11.5 Å². The number of hydrogen-bond donors (Lipinski definition) is 1. The fourth-order valence-corrected chi connectivity index (χ4v) is 5.70. The molecule has 46 heavy (non-hydrogen) atoms. The lowest BCUT2D eigenvalue weighted by atomic mass is 10.0. The Morgan fingerprint density at radius 2 is 1.87 bits per heavy atom. The maximum absolute atomic E-state index is 13.2. The summed E-state index contributed by atoms with van der Waals surface area (Å²) in [7, 11) is 1.52. The predicted molar refractivity (Wildman–Crippen MR) is 183 cm³/mol. The summed E-state index contributed by atoms with van der Waals surface area (Å²) < 4.78 is 17.9. The summed E-state index contributed by atoms with van der Waals surface area (Å²) in [5, 5.41) is 2.20. The molecular weight excluding hydrogens is 696 g/mol. The van der Waals surface area contributed by atoms with Crippen molar-refractivity contribution in [2.75, 3.05) is 25.6 Å². The Morgan fingerprint density at radius 3 is 2.57 bits per heavy atom. The van der Waals surface area contributed by atoms with Gasteiger partial charge in [0.05, 0.1) is 29.2 Å². The number of nitrogens with one attached hydrogen (secondary N) is 1. The molecular formula is C34H32BrClN2O7S. The van der Waals surface area contributed by atoms with Gasteiger partial charge in [-0.05, 0) is 84.3 Å². The topological polar surface area (TPSA) is 111 Å². The van der Waals surface area contributed by atoms with Gasteiger partial charge in [0.1, 0.15) is 13.2 Å². The average molecular weight is 728 g/mol. The van der Waals surface area contributed by atoms with Crippen molar-refractivity contribution in [2.24, 2.45) is 0 Å². The molecule has 3 aromatic carbocycles. The van der Waals surface area contributed by atoms with Gasteiger partial charge in [0.2, 0.25) is 5.91 Å². The Bertz CT molecular complexity index is 1680. The molecule has 0 bridgehead atoms. The first-order valence-electron chi connectivity index (χ1n) is 14.3. The smallest absolute Gasteiger partial charge is 0.339 e. The molecule has 240 valence electrons. The molecule has 1 aliphatic rings. The van der Waals surface area contributed by atoms with Crippen molar-refractivity contribution in [3.63, 3.8) is 0 Å². The number of allylic oxidation sites excluding steroid dienone is 1. The second-order valence-corrected chi connectivity index (χ2v) is 12.4. The number of thioether (sulfide) groups is 1. The van der Waals surface area contributed by atoms with Gasteiger partial charge in [-0.3, -0.25) is 19.3 Å². The van der Waals surface area contributed by atoms with E-state index in [9.17, 15) is 19.2 Å². The van der Waals surface area contributed by atoms with Crippen molar-refractivity contribution in [2.45, 2.75) is 32.8 Å². The van der Waals surface area contributed by atoms with E-state index in [0.29, 0.717) is 36.5 Å². The highest BCUT2D eigenvalue weighted by atomic mass is 79.9. The van der Waals surface area contributed by atoms with Crippen molar-refractivity contribution in [3.8, 4) is 11.5 Å². The fraction of sp³-hybridized carbons (Fsp3) is 0.235. The maximum Gasteiger partial charge on any atom is 0.339 e. The van der Waals surface area contributed by atoms with Crippen LogP contribution in [0.25, 0.3) is 6.08 Å². The van der Waals surface area contributed by atoms with Crippen LogP contribution in [0.3, 0.4) is 0 Å². The van der Waals surface area contributed by atoms with Gasteiger partial charge < -0.3 is 19.5 Å². The van der Waals surface area contributed by atoms with Gasteiger partial charge in [-0.2, -0.15) is 0 Å². The number of esters is 1. The molecule has 1 aliphatic heterocycles. The standard InChI is InChI=1S/C34H32BrClN2O7S/c1-4-6-14-44-33(41)26-18-25(12-13-27(26)36)37-30(39)19-38-32(40)29(46-34(38)42)17-22-15-23(7-5-2)31(28(16-22)43-3)45-20-21-8-10-24(35)11-9-21/h5,8-13,15-18H,2,4,6-7,14,19-20H2,1,3H3,(H,37,39)/b29-17-. The highest BCUT2D eigenvalue weighted by Gasteiger charge is 2.36. The Labute approximate surface area is 285 Å². The van der Waals surface area contributed by atoms with Crippen LogP contribution in [0.1, 0.15) is 46.8 Å². The number of imide groups is 1. The van der Waals surface area contributed by atoms with Crippen LogP contribution in [0.15, 0.2) is 76.6 Å². The average Bonchev–Trinajstić information content (AvgIpc) is 3.29. The zero-order valence-electron chi connectivity index (χ0n) is 25.3. The molecule has 1 fully saturated rings. The third-order valence-corrected chi connectivity index (χ3v) is 8.47. The van der Waals surface area contributed by atoms with Crippen LogP contribution in [0.4, 0.5) is 10.5 Å². The number of amides is 3. The number of halogens is 2. The highest BCUT2D eigenvalue weighted by molar-refractivity contribution is 9.10. The normalized spacial score (nSPS) is 13.6. The largest absolute Gasteiger partial charge is 0.493 e. The molecule has 12 heteroatoms. The number of hydrogen-bond acceptors (Lipinski definition) is 8. The highest BCUT2D eigenvalue weighted by Crippen LogP contribution is 2.37. The van der Waals surface area contributed by atoms with Crippen LogP contribution in [0.5, 0.6) is 11.5 Å². The van der Waals surface area contributed by atoms with Gasteiger partial charge in [0.25, 0.3) is 11.1 Å². The van der Waals surface area contributed by atoms with Gasteiger partial charge >= 0.3 is 5.97 Å². The maximum atomic E-state index is 13.2. The first-order chi connectivity index (χ1) is 22.1. The van der Waals surface area contributed by atoms with Gasteiger partial charge in [-0.15, -0.1) is 6.58 Å². The molecule has 4 rings (SSSR count). The van der Waals surface area contributed by atoms with Gasteiger partial charge in [-0.1, -0.05) is 59.1 Å². The summed E-state index contributed by atoms with van der Waals surface area (Å²) in [6.45, 7) is 5.86. The van der Waals surface area contributed by atoms with Crippen molar-refractivity contribution < 1.29 is 33.4 Å². The van der Waals surface area contributed by atoms with E-state index in [1.165, 1.54) is 25.3 Å². The van der Waals surface area contributed by atoms with E-state index < -0.39 is 29.6 Å². The van der Waals surface area contributed by atoms with Crippen molar-refractivity contribution in [1.29, 1.82) is 0 Å². The van der Waals surface area contributed by atoms with Crippen LogP contribution < -0.4 is 14.8 Å². The summed E-state index contributed by atoms with van der Waals surface area (Å²) in [6, 6.07) is 15.7. The lowest BCUT2D eigenvalue weighted by Gasteiger charge is -2.16. The Balaban J connectivity index is 1.47. The molecule has 0 radical (unpaired) electrons. The van der Waals surface area contributed by atoms with Crippen LogP contribution in [0, 0.1) is 0 Å². The van der Waals surface area contributed by atoms with Crippen molar-refractivity contribution >= 4 is 74.1 Å². The molecule has 0 aliphatic carbocycles. The van der Waals surface area contributed by atoms with Gasteiger partial charge in [-0.25, -0.2) is 4.79 Å². The number of anilines is 1. The third-order valence-electron chi connectivity index (χ3n) is 6.71. The van der Waals surface area contributed by atoms with Crippen LogP contribution in [0.2, 0.25) is 5.02 Å². The molecule has 1 saturated heterocycles. The summed E-state index contributed by atoms with van der Waals surface area (Å²) >= 11 is 10.3. The summed E-state index contributed by atoms with van der Waals surface area (Å²) in [6.07, 6.45) is 5.35. The third kappa shape index (κ3) is 9.02. The molecule has 3 amide bonds. The minimum absolute atomic E-state index is 0.0978. The Kier molecular flexibility index (Phi) is 12.5. The van der Waals surface area contributed by atoms with E-state index in [1.54, 1.807) is 18.2 Å². The second-order valence-electron chi connectivity index (χ2n) is 10.1. The van der Waals surface area contributed by atoms with Crippen molar-refractivity contribution in [1.82, 2.24) is 4.90 Å². The van der Waals surface area contributed by atoms with E-state index in [1.807, 2.05) is 37.3 Å². The molecule has 0 aromatic heterocycles. The first kappa shape index (κ1) is 34.8. The molecule has 3 aromatic rings. The van der Waals surface area contributed by atoms with Crippen LogP contribution >= 0.6 is 39.3 Å². The minimum atomic E-state index is -0.626. The number of carbonyl (C=O) groups excluding carboxylic acids is 4. The van der Waals surface area contributed by atoms with E-state index >= 15 is 0 Å². The number of benzene rings is 3. The number of unbranched alkanes of at least 4 members (excludes halogenated alkanes) is 1. The molecule has 1 heterocycles. The number of carbonyl (C=O) groups is 4. The van der Waals surface area contributed by atoms with E-state index in [2.05, 4.69) is 27.8 Å². The lowest BCUT2D eigenvalue weighted by molar-refractivity contribution is -0.127. The zero-order valence-corrected chi connectivity index (χ0v) is 28.4.